The van der Waals surface area contributed by atoms with Gasteiger partial charge in [0.05, 0.1) is 4.90 Å². The smallest absolute Gasteiger partial charge is 0.248 e. The SMILES string of the molecule is NC(=O)c1cccc(CNC(=O)CCc2ccc(S(=O)(=O)N3CCCC3)cc2)c1. The Hall–Kier alpha value is -2.71. The van der Waals surface area contributed by atoms with E-state index in [-0.39, 0.29) is 12.3 Å². The number of primary amides is 1. The third-order valence-corrected chi connectivity index (χ3v) is 6.88. The predicted octanol–water partition coefficient (Wildman–Crippen LogP) is 1.82. The monoisotopic (exact) mass is 415 g/mol. The van der Waals surface area contributed by atoms with Gasteiger partial charge in [-0.2, -0.15) is 4.31 Å². The van der Waals surface area contributed by atoms with E-state index in [1.165, 1.54) is 4.31 Å². The molecule has 154 valence electrons. The van der Waals surface area contributed by atoms with Crippen LogP contribution in [0, 0.1) is 0 Å². The summed E-state index contributed by atoms with van der Waals surface area (Å²) in [6.07, 6.45) is 2.60. The van der Waals surface area contributed by atoms with Gasteiger partial charge in [0.2, 0.25) is 21.8 Å². The van der Waals surface area contributed by atoms with E-state index in [0.29, 0.717) is 36.5 Å². The first kappa shape index (κ1) is 21.0. The number of nitrogens with zero attached hydrogens (tertiary/aromatic N) is 1. The Morgan fingerprint density at radius 1 is 1.00 bits per heavy atom. The Kier molecular flexibility index (Phi) is 6.66. The fourth-order valence-electron chi connectivity index (χ4n) is 3.29. The summed E-state index contributed by atoms with van der Waals surface area (Å²) in [6.45, 7) is 1.46. The van der Waals surface area contributed by atoms with Crippen molar-refractivity contribution in [1.82, 2.24) is 9.62 Å². The number of hydrogen-bond donors (Lipinski definition) is 2. The molecule has 0 unspecified atom stereocenters. The normalized spacial score (nSPS) is 14.6. The van der Waals surface area contributed by atoms with Gasteiger partial charge < -0.3 is 11.1 Å². The zero-order chi connectivity index (χ0) is 20.9. The van der Waals surface area contributed by atoms with Gasteiger partial charge >= 0.3 is 0 Å². The molecule has 2 aromatic rings. The maximum atomic E-state index is 12.5. The van der Waals surface area contributed by atoms with Crippen LogP contribution in [-0.2, 0) is 27.8 Å². The molecule has 1 saturated heterocycles. The van der Waals surface area contributed by atoms with Crippen LogP contribution in [0.15, 0.2) is 53.4 Å². The van der Waals surface area contributed by atoms with Crippen LogP contribution in [0.25, 0.3) is 0 Å². The maximum absolute atomic E-state index is 12.5. The van der Waals surface area contributed by atoms with Crippen molar-refractivity contribution in [2.45, 2.75) is 37.1 Å². The van der Waals surface area contributed by atoms with E-state index in [9.17, 15) is 18.0 Å². The zero-order valence-electron chi connectivity index (χ0n) is 16.1. The van der Waals surface area contributed by atoms with Crippen LogP contribution in [0.5, 0.6) is 0 Å². The molecule has 1 aliphatic rings. The Morgan fingerprint density at radius 2 is 1.69 bits per heavy atom. The molecular weight excluding hydrogens is 390 g/mol. The lowest BCUT2D eigenvalue weighted by molar-refractivity contribution is -0.121. The minimum absolute atomic E-state index is 0.122. The van der Waals surface area contributed by atoms with Crippen molar-refractivity contribution < 1.29 is 18.0 Å². The van der Waals surface area contributed by atoms with Crippen molar-refractivity contribution in [2.24, 2.45) is 5.73 Å². The molecule has 0 atom stereocenters. The lowest BCUT2D eigenvalue weighted by Gasteiger charge is -2.15. The van der Waals surface area contributed by atoms with Gasteiger partial charge in [0.1, 0.15) is 0 Å². The van der Waals surface area contributed by atoms with Gasteiger partial charge in [-0.1, -0.05) is 24.3 Å². The summed E-state index contributed by atoms with van der Waals surface area (Å²) in [5.74, 6) is -0.628. The Balaban J connectivity index is 1.50. The molecule has 0 aliphatic carbocycles. The molecule has 2 amide bonds. The van der Waals surface area contributed by atoms with Gasteiger partial charge in [-0.15, -0.1) is 0 Å². The highest BCUT2D eigenvalue weighted by Crippen LogP contribution is 2.21. The molecule has 1 aliphatic heterocycles. The van der Waals surface area contributed by atoms with Crippen molar-refractivity contribution >= 4 is 21.8 Å². The highest BCUT2D eigenvalue weighted by atomic mass is 32.2. The van der Waals surface area contributed by atoms with Crippen LogP contribution in [0.2, 0.25) is 0 Å². The Labute approximate surface area is 171 Å². The van der Waals surface area contributed by atoms with Crippen molar-refractivity contribution in [3.8, 4) is 0 Å². The van der Waals surface area contributed by atoms with Crippen molar-refractivity contribution in [1.29, 1.82) is 0 Å². The van der Waals surface area contributed by atoms with Crippen LogP contribution in [-0.4, -0.2) is 37.6 Å². The molecule has 1 fully saturated rings. The number of sulfonamides is 1. The number of nitrogens with two attached hydrogens (primary N) is 1. The number of aryl methyl sites for hydroxylation is 1. The highest BCUT2D eigenvalue weighted by Gasteiger charge is 2.26. The summed E-state index contributed by atoms with van der Waals surface area (Å²) in [5, 5.41) is 2.81. The summed E-state index contributed by atoms with van der Waals surface area (Å²) in [5.41, 5.74) is 7.36. The van der Waals surface area contributed by atoms with Crippen LogP contribution in [0.4, 0.5) is 0 Å². The fraction of sp³-hybridized carbons (Fsp3) is 0.333. The third-order valence-electron chi connectivity index (χ3n) is 4.97. The van der Waals surface area contributed by atoms with Gasteiger partial charge in [0.25, 0.3) is 0 Å². The predicted molar refractivity (Wildman–Crippen MR) is 110 cm³/mol. The molecule has 0 aromatic heterocycles. The van der Waals surface area contributed by atoms with Crippen LogP contribution < -0.4 is 11.1 Å². The van der Waals surface area contributed by atoms with E-state index in [4.69, 9.17) is 5.73 Å². The fourth-order valence-corrected chi connectivity index (χ4v) is 4.80. The lowest BCUT2D eigenvalue weighted by atomic mass is 10.1. The molecule has 2 aromatic carbocycles. The van der Waals surface area contributed by atoms with Gasteiger partial charge in [-0.3, -0.25) is 9.59 Å². The van der Waals surface area contributed by atoms with E-state index in [0.717, 1.165) is 24.0 Å². The number of rotatable bonds is 8. The molecule has 3 rings (SSSR count). The maximum Gasteiger partial charge on any atom is 0.248 e. The molecule has 1 heterocycles. The molecule has 8 heteroatoms. The van der Waals surface area contributed by atoms with E-state index >= 15 is 0 Å². The molecule has 3 N–H and O–H groups in total. The first-order chi connectivity index (χ1) is 13.9. The molecule has 7 nitrogen and oxygen atoms in total. The first-order valence-electron chi connectivity index (χ1n) is 9.61. The van der Waals surface area contributed by atoms with Gasteiger partial charge in [0, 0.05) is 31.6 Å². The van der Waals surface area contributed by atoms with Gasteiger partial charge in [-0.25, -0.2) is 8.42 Å². The molecule has 0 saturated carbocycles. The van der Waals surface area contributed by atoms with E-state index in [2.05, 4.69) is 5.32 Å². The number of hydrogen-bond acceptors (Lipinski definition) is 4. The molecule has 29 heavy (non-hydrogen) atoms. The number of carbonyl (C=O) groups is 2. The second-order valence-corrected chi connectivity index (χ2v) is 9.03. The summed E-state index contributed by atoms with van der Waals surface area (Å²) in [7, 11) is -3.41. The average molecular weight is 416 g/mol. The molecule has 0 spiro atoms. The zero-order valence-corrected chi connectivity index (χ0v) is 17.0. The number of carbonyl (C=O) groups excluding carboxylic acids is 2. The van der Waals surface area contributed by atoms with Crippen molar-refractivity contribution in [2.75, 3.05) is 13.1 Å². The standard InChI is InChI=1S/C21H25N3O4S/c22-21(26)18-5-3-4-17(14-18)15-23-20(25)11-8-16-6-9-19(10-7-16)29(27,28)24-12-1-2-13-24/h3-7,9-10,14H,1-2,8,11-13,15H2,(H2,22,26)(H,23,25). The second kappa shape index (κ2) is 9.19. The van der Waals surface area contributed by atoms with E-state index in [1.54, 1.807) is 42.5 Å². The number of benzene rings is 2. The number of amides is 2. The first-order valence-corrected chi connectivity index (χ1v) is 11.0. The summed E-state index contributed by atoms with van der Waals surface area (Å²) >= 11 is 0. The van der Waals surface area contributed by atoms with Crippen LogP contribution in [0.3, 0.4) is 0 Å². The largest absolute Gasteiger partial charge is 0.366 e. The lowest BCUT2D eigenvalue weighted by Crippen LogP contribution is -2.27. The summed E-state index contributed by atoms with van der Waals surface area (Å²) < 4.78 is 26.6. The van der Waals surface area contributed by atoms with Crippen molar-refractivity contribution in [3.05, 3.63) is 65.2 Å². The van der Waals surface area contributed by atoms with E-state index in [1.807, 2.05) is 6.07 Å². The quantitative estimate of drug-likeness (QED) is 0.685. The minimum Gasteiger partial charge on any atom is -0.366 e. The molecule has 0 radical (unpaired) electrons. The third kappa shape index (κ3) is 5.42. The van der Waals surface area contributed by atoms with Gasteiger partial charge in [0.15, 0.2) is 0 Å². The minimum atomic E-state index is -3.41. The molecule has 0 bridgehead atoms. The Morgan fingerprint density at radius 3 is 2.34 bits per heavy atom. The Bertz CT molecular complexity index is 981. The van der Waals surface area contributed by atoms with Crippen molar-refractivity contribution in [3.63, 3.8) is 0 Å². The number of nitrogens with one attached hydrogen (secondary N) is 1. The summed E-state index contributed by atoms with van der Waals surface area (Å²) in [6, 6.07) is 13.5. The molecular formula is C21H25N3O4S. The van der Waals surface area contributed by atoms with Gasteiger partial charge in [-0.05, 0) is 54.7 Å². The second-order valence-electron chi connectivity index (χ2n) is 7.10. The van der Waals surface area contributed by atoms with E-state index < -0.39 is 15.9 Å². The topological polar surface area (TPSA) is 110 Å². The highest BCUT2D eigenvalue weighted by molar-refractivity contribution is 7.89. The average Bonchev–Trinajstić information content (AvgIpc) is 3.27. The van der Waals surface area contributed by atoms with Crippen LogP contribution >= 0.6 is 0 Å². The van der Waals surface area contributed by atoms with Crippen LogP contribution in [0.1, 0.15) is 40.7 Å². The summed E-state index contributed by atoms with van der Waals surface area (Å²) in [4.78, 5) is 23.6.